The van der Waals surface area contributed by atoms with Gasteiger partial charge in [0.15, 0.2) is 0 Å². The van der Waals surface area contributed by atoms with Crippen molar-refractivity contribution in [3.05, 3.63) is 43.0 Å². The molecule has 0 aliphatic rings. The minimum atomic E-state index is 0.530. The monoisotopic (exact) mass is 222 g/mol. The molecule has 0 saturated heterocycles. The molecule has 0 aliphatic carbocycles. The number of rotatable bonds is 2. The first-order valence-corrected chi connectivity index (χ1v) is 5.27. The Bertz CT molecular complexity index is 685. The molecule has 0 atom stereocenters. The summed E-state index contributed by atoms with van der Waals surface area (Å²) in [5.74, 6) is 2.63. The summed E-state index contributed by atoms with van der Waals surface area (Å²) in [7, 11) is 0. The van der Waals surface area contributed by atoms with Crippen LogP contribution in [0.15, 0.2) is 43.0 Å². The van der Waals surface area contributed by atoms with Gasteiger partial charge in [-0.05, 0) is 12.1 Å². The third-order valence-corrected chi connectivity index (χ3v) is 2.63. The van der Waals surface area contributed by atoms with Gasteiger partial charge in [-0.2, -0.15) is 5.10 Å². The van der Waals surface area contributed by atoms with Crippen molar-refractivity contribution in [3.8, 4) is 23.6 Å². The topological polar surface area (TPSA) is 35.1 Å². The maximum absolute atomic E-state index is 5.35. The predicted octanol–water partition coefficient (Wildman–Crippen LogP) is 1.83. The first-order valence-electron chi connectivity index (χ1n) is 5.27. The third-order valence-electron chi connectivity index (χ3n) is 2.63. The van der Waals surface area contributed by atoms with Crippen LogP contribution in [0.4, 0.5) is 0 Å². The number of imidazole rings is 1. The van der Waals surface area contributed by atoms with Crippen LogP contribution in [0.1, 0.15) is 0 Å². The summed E-state index contributed by atoms with van der Waals surface area (Å²) >= 11 is 0. The minimum Gasteiger partial charge on any atom is -0.319 e. The van der Waals surface area contributed by atoms with Crippen LogP contribution >= 0.6 is 0 Å². The lowest BCUT2D eigenvalue weighted by Gasteiger charge is -2.00. The van der Waals surface area contributed by atoms with Crippen molar-refractivity contribution >= 4 is 5.65 Å². The third kappa shape index (κ3) is 1.49. The van der Waals surface area contributed by atoms with E-state index in [1.165, 1.54) is 0 Å². The van der Waals surface area contributed by atoms with Gasteiger partial charge in [0.2, 0.25) is 0 Å². The molecule has 0 N–H and O–H groups in total. The van der Waals surface area contributed by atoms with Gasteiger partial charge >= 0.3 is 0 Å². The van der Waals surface area contributed by atoms with Crippen molar-refractivity contribution in [3.63, 3.8) is 0 Å². The Balaban J connectivity index is 2.24. The standard InChI is InChI=1S/C13H10N4/c1-2-7-16-8-9-17-13(16)11(10-15-17)12-5-3-4-6-14-12/h1,3-6,8-10H,7H2. The van der Waals surface area contributed by atoms with E-state index in [1.807, 2.05) is 41.4 Å². The zero-order valence-electron chi connectivity index (χ0n) is 9.11. The van der Waals surface area contributed by atoms with Crippen LogP contribution in [0.25, 0.3) is 16.9 Å². The van der Waals surface area contributed by atoms with Gasteiger partial charge in [0.25, 0.3) is 0 Å². The average molecular weight is 222 g/mol. The van der Waals surface area contributed by atoms with Crippen LogP contribution in [0, 0.1) is 12.3 Å². The van der Waals surface area contributed by atoms with Gasteiger partial charge in [-0.1, -0.05) is 12.0 Å². The van der Waals surface area contributed by atoms with E-state index in [0.717, 1.165) is 16.9 Å². The molecule has 0 aliphatic heterocycles. The maximum Gasteiger partial charge on any atom is 0.146 e. The van der Waals surface area contributed by atoms with Gasteiger partial charge < -0.3 is 4.57 Å². The number of pyridine rings is 1. The number of aromatic nitrogens is 4. The molecule has 17 heavy (non-hydrogen) atoms. The Labute approximate surface area is 98.5 Å². The Morgan fingerprint density at radius 2 is 2.24 bits per heavy atom. The molecular weight excluding hydrogens is 212 g/mol. The molecule has 0 spiro atoms. The number of hydrogen-bond donors (Lipinski definition) is 0. The van der Waals surface area contributed by atoms with Crippen LogP contribution in [-0.2, 0) is 6.54 Å². The Morgan fingerprint density at radius 1 is 1.29 bits per heavy atom. The first-order chi connectivity index (χ1) is 8.40. The van der Waals surface area contributed by atoms with Crippen LogP contribution in [0.3, 0.4) is 0 Å². The highest BCUT2D eigenvalue weighted by atomic mass is 15.3. The smallest absolute Gasteiger partial charge is 0.146 e. The zero-order chi connectivity index (χ0) is 11.7. The van der Waals surface area contributed by atoms with Crippen molar-refractivity contribution in [2.24, 2.45) is 0 Å². The van der Waals surface area contributed by atoms with E-state index in [4.69, 9.17) is 6.42 Å². The van der Waals surface area contributed by atoms with Crippen LogP contribution in [0.5, 0.6) is 0 Å². The molecule has 3 aromatic heterocycles. The molecule has 0 amide bonds. The van der Waals surface area contributed by atoms with E-state index < -0.39 is 0 Å². The maximum atomic E-state index is 5.35. The van der Waals surface area contributed by atoms with Crippen LogP contribution in [-0.4, -0.2) is 19.2 Å². The quantitative estimate of drug-likeness (QED) is 0.620. The normalized spacial score (nSPS) is 10.5. The summed E-state index contributed by atoms with van der Waals surface area (Å²) < 4.78 is 3.79. The van der Waals surface area contributed by atoms with E-state index >= 15 is 0 Å². The van der Waals surface area contributed by atoms with Crippen molar-refractivity contribution in [1.29, 1.82) is 0 Å². The van der Waals surface area contributed by atoms with Gasteiger partial charge in [0.1, 0.15) is 5.65 Å². The lowest BCUT2D eigenvalue weighted by Crippen LogP contribution is -1.95. The Kier molecular flexibility index (Phi) is 2.16. The van der Waals surface area contributed by atoms with Crippen molar-refractivity contribution in [2.45, 2.75) is 6.54 Å². The molecule has 0 fully saturated rings. The fraction of sp³-hybridized carbons (Fsp3) is 0.0769. The molecule has 0 radical (unpaired) electrons. The van der Waals surface area contributed by atoms with Gasteiger partial charge in [-0.3, -0.25) is 4.98 Å². The van der Waals surface area contributed by atoms with E-state index in [-0.39, 0.29) is 0 Å². The van der Waals surface area contributed by atoms with E-state index in [1.54, 1.807) is 10.7 Å². The predicted molar refractivity (Wildman–Crippen MR) is 65.2 cm³/mol. The summed E-state index contributed by atoms with van der Waals surface area (Å²) in [6, 6.07) is 5.81. The molecule has 3 heterocycles. The van der Waals surface area contributed by atoms with Crippen molar-refractivity contribution in [2.75, 3.05) is 0 Å². The fourth-order valence-corrected chi connectivity index (χ4v) is 1.89. The zero-order valence-corrected chi connectivity index (χ0v) is 9.11. The van der Waals surface area contributed by atoms with Crippen molar-refractivity contribution < 1.29 is 0 Å². The second kappa shape index (κ2) is 3.80. The highest BCUT2D eigenvalue weighted by Gasteiger charge is 2.10. The molecule has 0 aromatic carbocycles. The summed E-state index contributed by atoms with van der Waals surface area (Å²) in [5.41, 5.74) is 2.87. The van der Waals surface area contributed by atoms with Crippen molar-refractivity contribution in [1.82, 2.24) is 19.2 Å². The highest BCUT2D eigenvalue weighted by molar-refractivity contribution is 5.74. The van der Waals surface area contributed by atoms with E-state index in [9.17, 15) is 0 Å². The average Bonchev–Trinajstić information content (AvgIpc) is 2.94. The van der Waals surface area contributed by atoms with Crippen LogP contribution in [0.2, 0.25) is 0 Å². The van der Waals surface area contributed by atoms with Crippen LogP contribution < -0.4 is 0 Å². The Hall–Kier alpha value is -2.54. The Morgan fingerprint density at radius 3 is 3.00 bits per heavy atom. The molecule has 82 valence electrons. The van der Waals surface area contributed by atoms with Gasteiger partial charge in [0, 0.05) is 18.6 Å². The minimum absolute atomic E-state index is 0.530. The molecule has 3 rings (SSSR count). The molecule has 3 aromatic rings. The highest BCUT2D eigenvalue weighted by Crippen LogP contribution is 2.22. The second-order valence-corrected chi connectivity index (χ2v) is 3.67. The first kappa shape index (κ1) is 9.67. The molecule has 4 nitrogen and oxygen atoms in total. The largest absolute Gasteiger partial charge is 0.319 e. The second-order valence-electron chi connectivity index (χ2n) is 3.67. The molecule has 4 heteroatoms. The number of nitrogens with zero attached hydrogens (tertiary/aromatic N) is 4. The van der Waals surface area contributed by atoms with Gasteiger partial charge in [0.05, 0.1) is 24.0 Å². The molecule has 0 unspecified atom stereocenters. The molecule has 0 saturated carbocycles. The lowest BCUT2D eigenvalue weighted by molar-refractivity contribution is 0.869. The summed E-state index contributed by atoms with van der Waals surface area (Å²) in [5, 5.41) is 4.29. The molecular formula is C13H10N4. The van der Waals surface area contributed by atoms with Gasteiger partial charge in [-0.25, -0.2) is 4.52 Å². The number of terminal acetylenes is 1. The SMILES string of the molecule is C#CCn1ccn2ncc(-c3ccccn3)c12. The van der Waals surface area contributed by atoms with Gasteiger partial charge in [-0.15, -0.1) is 6.42 Å². The summed E-state index contributed by atoms with van der Waals surface area (Å²) in [6.07, 6.45) is 12.7. The van der Waals surface area contributed by atoms with E-state index in [2.05, 4.69) is 16.0 Å². The fourth-order valence-electron chi connectivity index (χ4n) is 1.89. The number of hydrogen-bond acceptors (Lipinski definition) is 2. The van der Waals surface area contributed by atoms with E-state index in [0.29, 0.717) is 6.54 Å². The molecule has 0 bridgehead atoms. The lowest BCUT2D eigenvalue weighted by atomic mass is 10.2. The number of fused-ring (bicyclic) bond motifs is 1. The summed E-state index contributed by atoms with van der Waals surface area (Å²) in [4.78, 5) is 4.33. The summed E-state index contributed by atoms with van der Waals surface area (Å²) in [6.45, 7) is 0.530.